The lowest BCUT2D eigenvalue weighted by Crippen LogP contribution is -2.22. The topological polar surface area (TPSA) is 50.4 Å². The number of nitrogens with one attached hydrogen (secondary N) is 2. The van der Waals surface area contributed by atoms with E-state index in [9.17, 15) is 18.0 Å². The Morgan fingerprint density at radius 2 is 1.88 bits per heavy atom. The van der Waals surface area contributed by atoms with Crippen molar-refractivity contribution in [2.75, 3.05) is 23.8 Å². The quantitative estimate of drug-likeness (QED) is 0.700. The smallest absolute Gasteiger partial charge is 0.416 e. The molecule has 0 spiro atoms. The average molecular weight is 364 g/mol. The van der Waals surface area contributed by atoms with Gasteiger partial charge in [-0.2, -0.15) is 13.2 Å². The number of hydrogen-bond acceptors (Lipinski definition) is 3. The Morgan fingerprint density at radius 3 is 2.58 bits per heavy atom. The SMILES string of the molecule is C=C(C)COc1ccccc1NCC(=O)Nc1cccc(C(F)(F)F)c1. The van der Waals surface area contributed by atoms with Crippen LogP contribution in [0, 0.1) is 0 Å². The minimum Gasteiger partial charge on any atom is -0.487 e. The minimum absolute atomic E-state index is 0.0819. The van der Waals surface area contributed by atoms with Gasteiger partial charge in [-0.3, -0.25) is 4.79 Å². The van der Waals surface area contributed by atoms with Gasteiger partial charge in [-0.15, -0.1) is 0 Å². The maximum absolute atomic E-state index is 12.7. The third-order valence-electron chi connectivity index (χ3n) is 3.27. The molecule has 0 radical (unpaired) electrons. The third kappa shape index (κ3) is 5.84. The number of ether oxygens (including phenoxy) is 1. The van der Waals surface area contributed by atoms with Crippen molar-refractivity contribution in [1.82, 2.24) is 0 Å². The molecule has 2 aromatic carbocycles. The predicted octanol–water partition coefficient (Wildman–Crippen LogP) is 4.71. The Bertz CT molecular complexity index is 788. The molecule has 0 aliphatic carbocycles. The number of alkyl halides is 3. The summed E-state index contributed by atoms with van der Waals surface area (Å²) < 4.78 is 43.7. The van der Waals surface area contributed by atoms with Crippen molar-refractivity contribution in [2.45, 2.75) is 13.1 Å². The number of carbonyl (C=O) groups excluding carboxylic acids is 1. The van der Waals surface area contributed by atoms with Gasteiger partial charge < -0.3 is 15.4 Å². The van der Waals surface area contributed by atoms with E-state index < -0.39 is 17.6 Å². The number of halogens is 3. The van der Waals surface area contributed by atoms with Gasteiger partial charge in [-0.25, -0.2) is 0 Å². The summed E-state index contributed by atoms with van der Waals surface area (Å²) in [7, 11) is 0. The molecule has 0 saturated heterocycles. The summed E-state index contributed by atoms with van der Waals surface area (Å²) >= 11 is 0. The van der Waals surface area contributed by atoms with Crippen LogP contribution >= 0.6 is 0 Å². The molecule has 0 heterocycles. The van der Waals surface area contributed by atoms with E-state index >= 15 is 0 Å². The lowest BCUT2D eigenvalue weighted by molar-refractivity contribution is -0.137. The Kier molecular flexibility index (Phi) is 6.27. The van der Waals surface area contributed by atoms with Crippen LogP contribution in [-0.4, -0.2) is 19.1 Å². The molecule has 0 unspecified atom stereocenters. The summed E-state index contributed by atoms with van der Waals surface area (Å²) in [5, 5.41) is 5.35. The summed E-state index contributed by atoms with van der Waals surface area (Å²) in [4.78, 5) is 12.0. The van der Waals surface area contributed by atoms with E-state index in [0.29, 0.717) is 18.0 Å². The maximum atomic E-state index is 12.7. The van der Waals surface area contributed by atoms with Gasteiger partial charge in [0.15, 0.2) is 0 Å². The number of hydrogen-bond donors (Lipinski definition) is 2. The van der Waals surface area contributed by atoms with E-state index in [2.05, 4.69) is 17.2 Å². The Balaban J connectivity index is 1.96. The largest absolute Gasteiger partial charge is 0.487 e. The van der Waals surface area contributed by atoms with E-state index in [4.69, 9.17) is 4.74 Å². The molecule has 0 atom stereocenters. The third-order valence-corrected chi connectivity index (χ3v) is 3.27. The van der Waals surface area contributed by atoms with Crippen LogP contribution in [-0.2, 0) is 11.0 Å². The monoisotopic (exact) mass is 364 g/mol. The molecule has 138 valence electrons. The molecular formula is C19H19F3N2O2. The fourth-order valence-corrected chi connectivity index (χ4v) is 2.09. The zero-order valence-corrected chi connectivity index (χ0v) is 14.2. The number of amides is 1. The van der Waals surface area contributed by atoms with Gasteiger partial charge in [0, 0.05) is 5.69 Å². The second-order valence-corrected chi connectivity index (χ2v) is 5.72. The summed E-state index contributed by atoms with van der Waals surface area (Å²) in [5.41, 5.74) is 0.718. The molecule has 0 saturated carbocycles. The maximum Gasteiger partial charge on any atom is 0.416 e. The van der Waals surface area contributed by atoms with Gasteiger partial charge in [0.1, 0.15) is 12.4 Å². The van der Waals surface area contributed by atoms with Crippen LogP contribution < -0.4 is 15.4 Å². The summed E-state index contributed by atoms with van der Waals surface area (Å²) in [6.07, 6.45) is -4.46. The number of benzene rings is 2. The van der Waals surface area contributed by atoms with Crippen molar-refractivity contribution in [1.29, 1.82) is 0 Å². The van der Waals surface area contributed by atoms with E-state index in [-0.39, 0.29) is 12.2 Å². The first-order chi connectivity index (χ1) is 12.3. The average Bonchev–Trinajstić information content (AvgIpc) is 2.58. The highest BCUT2D eigenvalue weighted by atomic mass is 19.4. The van der Waals surface area contributed by atoms with Crippen LogP contribution in [0.15, 0.2) is 60.7 Å². The molecule has 0 aromatic heterocycles. The summed E-state index contributed by atoms with van der Waals surface area (Å²) in [6.45, 7) is 5.81. The van der Waals surface area contributed by atoms with Gasteiger partial charge >= 0.3 is 6.18 Å². The van der Waals surface area contributed by atoms with Crippen LogP contribution in [0.25, 0.3) is 0 Å². The molecular weight excluding hydrogens is 345 g/mol. The molecule has 2 aromatic rings. The van der Waals surface area contributed by atoms with E-state index in [1.54, 1.807) is 24.3 Å². The summed E-state index contributed by atoms with van der Waals surface area (Å²) in [6, 6.07) is 11.5. The zero-order valence-electron chi connectivity index (χ0n) is 14.2. The highest BCUT2D eigenvalue weighted by molar-refractivity contribution is 5.94. The predicted molar refractivity (Wildman–Crippen MR) is 95.3 cm³/mol. The molecule has 2 rings (SSSR count). The Labute approximate surface area is 149 Å². The normalized spacial score (nSPS) is 10.9. The van der Waals surface area contributed by atoms with Gasteiger partial charge in [0.05, 0.1) is 17.8 Å². The lowest BCUT2D eigenvalue weighted by Gasteiger charge is -2.14. The Morgan fingerprint density at radius 1 is 1.15 bits per heavy atom. The molecule has 2 N–H and O–H groups in total. The highest BCUT2D eigenvalue weighted by Gasteiger charge is 2.30. The molecule has 4 nitrogen and oxygen atoms in total. The van der Waals surface area contributed by atoms with Crippen molar-refractivity contribution in [3.63, 3.8) is 0 Å². The van der Waals surface area contributed by atoms with Crippen molar-refractivity contribution in [2.24, 2.45) is 0 Å². The van der Waals surface area contributed by atoms with E-state index in [1.807, 2.05) is 6.92 Å². The fraction of sp³-hybridized carbons (Fsp3) is 0.211. The van der Waals surface area contributed by atoms with Crippen molar-refractivity contribution >= 4 is 17.3 Å². The van der Waals surface area contributed by atoms with Crippen LogP contribution in [0.1, 0.15) is 12.5 Å². The van der Waals surface area contributed by atoms with Crippen molar-refractivity contribution in [3.8, 4) is 5.75 Å². The molecule has 0 fully saturated rings. The van der Waals surface area contributed by atoms with Crippen LogP contribution in [0.3, 0.4) is 0 Å². The van der Waals surface area contributed by atoms with Gasteiger partial charge in [0.2, 0.25) is 5.91 Å². The molecule has 0 aliphatic heterocycles. The number of para-hydroxylation sites is 2. The van der Waals surface area contributed by atoms with Crippen LogP contribution in [0.4, 0.5) is 24.5 Å². The molecule has 0 aliphatic rings. The summed E-state index contributed by atoms with van der Waals surface area (Å²) in [5.74, 6) is 0.0846. The molecule has 1 amide bonds. The van der Waals surface area contributed by atoms with Gasteiger partial charge in [0.25, 0.3) is 0 Å². The first kappa shape index (κ1) is 19.4. The van der Waals surface area contributed by atoms with Gasteiger partial charge in [-0.1, -0.05) is 24.8 Å². The number of anilines is 2. The molecule has 7 heteroatoms. The highest BCUT2D eigenvalue weighted by Crippen LogP contribution is 2.30. The number of carbonyl (C=O) groups is 1. The number of rotatable bonds is 7. The van der Waals surface area contributed by atoms with Crippen LogP contribution in [0.5, 0.6) is 5.75 Å². The zero-order chi connectivity index (χ0) is 19.2. The fourth-order valence-electron chi connectivity index (χ4n) is 2.09. The standard InChI is InChI=1S/C19H19F3N2O2/c1-13(2)12-26-17-9-4-3-8-16(17)23-11-18(25)24-15-7-5-6-14(10-15)19(20,21)22/h3-10,23H,1,11-12H2,2H3,(H,24,25). The first-order valence-electron chi connectivity index (χ1n) is 7.83. The van der Waals surface area contributed by atoms with Crippen LogP contribution in [0.2, 0.25) is 0 Å². The molecule has 0 bridgehead atoms. The van der Waals surface area contributed by atoms with Crippen molar-refractivity contribution in [3.05, 3.63) is 66.2 Å². The van der Waals surface area contributed by atoms with E-state index in [0.717, 1.165) is 17.7 Å². The lowest BCUT2D eigenvalue weighted by atomic mass is 10.2. The Hall–Kier alpha value is -2.96. The minimum atomic E-state index is -4.46. The first-order valence-corrected chi connectivity index (χ1v) is 7.83. The van der Waals surface area contributed by atoms with Crippen molar-refractivity contribution < 1.29 is 22.7 Å². The molecule has 26 heavy (non-hydrogen) atoms. The second-order valence-electron chi connectivity index (χ2n) is 5.72. The van der Waals surface area contributed by atoms with Gasteiger partial charge in [-0.05, 0) is 42.8 Å². The second kappa shape index (κ2) is 8.42. The van der Waals surface area contributed by atoms with E-state index in [1.165, 1.54) is 12.1 Å².